The van der Waals surface area contributed by atoms with Crippen LogP contribution in [0.2, 0.25) is 0 Å². The molecule has 10 nitrogen and oxygen atoms in total. The molecule has 1 heterocycles. The number of ether oxygens (including phenoxy) is 6. The summed E-state index contributed by atoms with van der Waals surface area (Å²) in [6.07, 6.45) is -3.22. The summed E-state index contributed by atoms with van der Waals surface area (Å²) in [6, 6.07) is 37.9. The number of carbonyl (C=O) groups excluding carboxylic acids is 1. The molecule has 5 rings (SSSR count). The lowest BCUT2D eigenvalue weighted by atomic mass is 9.97. The lowest BCUT2D eigenvalue weighted by Gasteiger charge is -2.46. The second kappa shape index (κ2) is 36.5. The Hall–Kier alpha value is -8.37. The number of amides is 1. The number of benzene rings is 4. The van der Waals surface area contributed by atoms with Crippen LogP contribution < -0.4 is 5.32 Å². The number of aliphatic hydroxyl groups excluding tert-OH is 2. The third-order valence-corrected chi connectivity index (χ3v) is 11.1. The highest BCUT2D eigenvalue weighted by Gasteiger charge is 2.49. The quantitative estimate of drug-likeness (QED) is 0.0507. The van der Waals surface area contributed by atoms with Crippen molar-refractivity contribution in [1.29, 1.82) is 0 Å². The van der Waals surface area contributed by atoms with Gasteiger partial charge in [0.2, 0.25) is 0 Å². The zero-order valence-electron chi connectivity index (χ0n) is 42.7. The first-order chi connectivity index (χ1) is 37.4. The van der Waals surface area contributed by atoms with Crippen molar-refractivity contribution in [3.63, 3.8) is 0 Å². The van der Waals surface area contributed by atoms with Gasteiger partial charge in [0.05, 0.1) is 51.8 Å². The van der Waals surface area contributed by atoms with Gasteiger partial charge < -0.3 is 44.0 Å². The second-order valence-corrected chi connectivity index (χ2v) is 16.8. The maximum absolute atomic E-state index is 13.4. The molecule has 382 valence electrons. The normalized spacial score (nSPS) is 16.7. The van der Waals surface area contributed by atoms with Crippen molar-refractivity contribution in [2.75, 3.05) is 13.2 Å². The fourth-order valence-electron chi connectivity index (χ4n) is 7.38. The Morgan fingerprint density at radius 2 is 0.947 bits per heavy atom. The van der Waals surface area contributed by atoms with E-state index < -0.39 is 54.9 Å². The van der Waals surface area contributed by atoms with Crippen molar-refractivity contribution in [3.05, 3.63) is 144 Å². The van der Waals surface area contributed by atoms with E-state index in [1.807, 2.05) is 121 Å². The van der Waals surface area contributed by atoms with E-state index >= 15 is 0 Å². The Balaban J connectivity index is 1.38. The minimum Gasteiger partial charge on any atom is -0.390 e. The first kappa shape index (κ1) is 58.5. The van der Waals surface area contributed by atoms with E-state index in [2.05, 4.69) is 131 Å². The Bertz CT molecular complexity index is 3080. The Labute approximate surface area is 449 Å². The summed E-state index contributed by atoms with van der Waals surface area (Å²) in [5, 5.41) is 25.7. The second-order valence-electron chi connectivity index (χ2n) is 16.8. The molecule has 1 saturated heterocycles. The molecule has 0 bridgehead atoms. The molecule has 0 radical (unpaired) electrons. The van der Waals surface area contributed by atoms with Crippen LogP contribution >= 0.6 is 0 Å². The van der Waals surface area contributed by atoms with Crippen LogP contribution in [0.3, 0.4) is 0 Å². The van der Waals surface area contributed by atoms with Crippen molar-refractivity contribution < 1.29 is 43.4 Å². The smallest absolute Gasteiger partial charge is 0.297 e. The number of unbranched alkanes of at least 4 members (excludes halogenated alkanes) is 3. The van der Waals surface area contributed by atoms with Crippen molar-refractivity contribution in [2.45, 2.75) is 121 Å². The third-order valence-electron chi connectivity index (χ3n) is 11.1. The Morgan fingerprint density at radius 3 is 1.41 bits per heavy atom. The largest absolute Gasteiger partial charge is 0.390 e. The fourth-order valence-corrected chi connectivity index (χ4v) is 7.38. The Morgan fingerprint density at radius 1 is 0.526 bits per heavy atom. The van der Waals surface area contributed by atoms with Gasteiger partial charge in [0.1, 0.15) is 30.5 Å². The molecule has 0 spiro atoms. The van der Waals surface area contributed by atoms with E-state index in [4.69, 9.17) is 28.4 Å². The molecule has 1 aliphatic rings. The van der Waals surface area contributed by atoms with Gasteiger partial charge in [0.25, 0.3) is 5.91 Å². The van der Waals surface area contributed by atoms with Gasteiger partial charge in [-0.05, 0) is 130 Å². The average molecular weight is 1010 g/mol. The molecule has 0 saturated carbocycles. The van der Waals surface area contributed by atoms with Gasteiger partial charge in [-0.15, -0.1) is 0 Å². The standard InChI is InChI=1S/C66H59NO9/c1-3-5-7-9-10-11-12-13-14-15-16-17-18-19-20-21-22-23-37-47-61(69)67-58(62(70)59(68)46-36-8-6-4-2)52-75-66-65(74-51-57-44-34-27-35-45-57)64(73-50-56-42-32-26-33-43-56)63(72-49-55-40-30-25-31-41-55)60(76-66)53-71-48-54-38-28-24-29-39-54/h24-35,38-45,58-60,62-66,68,70H,4,6,8,36,46,48-53H2,1-2H3,(H,67,69)/t58-,59+,60?,62-,63?,64?,65?,66?/m0/s1. The molecule has 8 atom stereocenters. The van der Waals surface area contributed by atoms with Gasteiger partial charge in [0, 0.05) is 17.8 Å². The van der Waals surface area contributed by atoms with Crippen LogP contribution in [0.25, 0.3) is 0 Å². The maximum atomic E-state index is 13.4. The van der Waals surface area contributed by atoms with Gasteiger partial charge in [-0.2, -0.15) is 0 Å². The molecule has 5 unspecified atom stereocenters. The van der Waals surface area contributed by atoms with Crippen LogP contribution in [0.15, 0.2) is 121 Å². The predicted molar refractivity (Wildman–Crippen MR) is 292 cm³/mol. The SMILES string of the molecule is CC#CC#CC#CC#CC#CC#CC#CC#CC#CC#CC(=O)N[C@@H](COC1OC(COCc2ccccc2)C(OCc2ccccc2)C(OCc2ccccc2)C1OCc1ccccc1)[C@H](O)[C@H](O)CCCCCC. The van der Waals surface area contributed by atoms with Gasteiger partial charge in [-0.25, -0.2) is 0 Å². The van der Waals surface area contributed by atoms with E-state index in [-0.39, 0.29) is 33.0 Å². The van der Waals surface area contributed by atoms with Crippen molar-refractivity contribution >= 4 is 5.91 Å². The summed E-state index contributed by atoms with van der Waals surface area (Å²) in [6.45, 7) is 4.45. The number of hydrogen-bond donors (Lipinski definition) is 3. The van der Waals surface area contributed by atoms with E-state index in [1.54, 1.807) is 6.92 Å². The third kappa shape index (κ3) is 23.2. The zero-order chi connectivity index (χ0) is 53.5. The summed E-state index contributed by atoms with van der Waals surface area (Å²) >= 11 is 0. The highest BCUT2D eigenvalue weighted by Crippen LogP contribution is 2.32. The molecule has 1 aliphatic heterocycles. The number of aliphatic hydroxyl groups is 2. The van der Waals surface area contributed by atoms with Crippen LogP contribution in [0.4, 0.5) is 0 Å². The molecule has 1 fully saturated rings. The molecule has 3 N–H and O–H groups in total. The molecule has 0 aliphatic carbocycles. The number of nitrogens with one attached hydrogen (secondary N) is 1. The molecule has 10 heteroatoms. The number of hydrogen-bond acceptors (Lipinski definition) is 9. The minimum absolute atomic E-state index is 0.0850. The van der Waals surface area contributed by atoms with Crippen LogP contribution in [0, 0.1) is 118 Å². The summed E-state index contributed by atoms with van der Waals surface area (Å²) in [5.41, 5.74) is 3.74. The summed E-state index contributed by atoms with van der Waals surface area (Å²) in [5.74, 6) is 49.8. The molecule has 4 aromatic carbocycles. The average Bonchev–Trinajstić information content (AvgIpc) is 3.45. The lowest BCUT2D eigenvalue weighted by molar-refractivity contribution is -0.329. The molecule has 76 heavy (non-hydrogen) atoms. The van der Waals surface area contributed by atoms with Crippen LogP contribution in [-0.4, -0.2) is 78.3 Å². The van der Waals surface area contributed by atoms with Gasteiger partial charge in [0.15, 0.2) is 6.29 Å². The predicted octanol–water partition coefficient (Wildman–Crippen LogP) is 6.93. The first-order valence-corrected chi connectivity index (χ1v) is 24.9. The van der Waals surface area contributed by atoms with E-state index in [9.17, 15) is 15.0 Å². The number of carbonyl (C=O) groups is 1. The van der Waals surface area contributed by atoms with Crippen LogP contribution in [0.1, 0.15) is 68.2 Å². The molecular formula is C66H59NO9. The highest BCUT2D eigenvalue weighted by atomic mass is 16.7. The Kier molecular flexibility index (Phi) is 28.1. The topological polar surface area (TPSA) is 125 Å². The molecular weight excluding hydrogens is 951 g/mol. The molecule has 0 aromatic heterocycles. The van der Waals surface area contributed by atoms with Crippen molar-refractivity contribution in [1.82, 2.24) is 5.32 Å². The molecule has 4 aromatic rings. The maximum Gasteiger partial charge on any atom is 0.297 e. The van der Waals surface area contributed by atoms with E-state index in [0.29, 0.717) is 19.4 Å². The highest BCUT2D eigenvalue weighted by molar-refractivity contribution is 5.94. The van der Waals surface area contributed by atoms with Gasteiger partial charge in [-0.3, -0.25) is 4.79 Å². The first-order valence-electron chi connectivity index (χ1n) is 24.9. The fraction of sp³-hybridized carbons (Fsp3) is 0.318. The number of rotatable bonds is 24. The van der Waals surface area contributed by atoms with Gasteiger partial charge in [-0.1, -0.05) is 160 Å². The summed E-state index contributed by atoms with van der Waals surface area (Å²) in [4.78, 5) is 13.4. The lowest BCUT2D eigenvalue weighted by Crippen LogP contribution is -2.62. The van der Waals surface area contributed by atoms with Crippen LogP contribution in [-0.2, 0) is 59.6 Å². The molecule has 1 amide bonds. The van der Waals surface area contributed by atoms with E-state index in [0.717, 1.165) is 41.5 Å². The summed E-state index contributed by atoms with van der Waals surface area (Å²) < 4.78 is 40.2. The monoisotopic (exact) mass is 1010 g/mol. The van der Waals surface area contributed by atoms with Crippen molar-refractivity contribution in [3.8, 4) is 118 Å². The summed E-state index contributed by atoms with van der Waals surface area (Å²) in [7, 11) is 0. The zero-order valence-corrected chi connectivity index (χ0v) is 42.7. The van der Waals surface area contributed by atoms with Crippen LogP contribution in [0.5, 0.6) is 0 Å². The van der Waals surface area contributed by atoms with E-state index in [1.165, 1.54) is 0 Å². The minimum atomic E-state index is -1.46. The van der Waals surface area contributed by atoms with Crippen molar-refractivity contribution in [2.24, 2.45) is 0 Å². The van der Waals surface area contributed by atoms with Gasteiger partial charge >= 0.3 is 0 Å².